The van der Waals surface area contributed by atoms with Crippen LogP contribution >= 0.6 is 0 Å². The maximum absolute atomic E-state index is 13.5. The fourth-order valence-electron chi connectivity index (χ4n) is 4.42. The maximum Gasteiger partial charge on any atom is 0.344 e. The molecule has 1 aliphatic heterocycles. The van der Waals surface area contributed by atoms with E-state index in [-0.39, 0.29) is 44.1 Å². The van der Waals surface area contributed by atoms with Crippen molar-refractivity contribution < 1.29 is 43.0 Å². The molecule has 46 heavy (non-hydrogen) atoms. The van der Waals surface area contributed by atoms with Crippen LogP contribution in [0.1, 0.15) is 55.5 Å². The number of fused-ring (bicyclic) bond motifs is 2. The van der Waals surface area contributed by atoms with Crippen molar-refractivity contribution in [2.24, 2.45) is 16.5 Å². The number of aliphatic imine (C=N–C) groups is 1. The van der Waals surface area contributed by atoms with Crippen LogP contribution in [-0.4, -0.2) is 104 Å². The maximum atomic E-state index is 13.5. The lowest BCUT2D eigenvalue weighted by molar-refractivity contribution is -0.159. The SMILES string of the molecule is CCOC(=O)COC(=O)C[C@@H]1NC(=O)CNC(=O)[C@H](CCCN=C(N)N)N(C)C(=O)[C@@H](CC)NC(=O)c2cccc(c2)CNC1=O. The number of likely N-dealkylation sites (N-methyl/N-ethyl adjacent to an activating group) is 1. The molecule has 0 saturated carbocycles. The summed E-state index contributed by atoms with van der Waals surface area (Å²) in [6, 6.07) is 2.78. The molecule has 17 nitrogen and oxygen atoms in total. The van der Waals surface area contributed by atoms with Crippen molar-refractivity contribution in [1.29, 1.82) is 0 Å². The smallest absolute Gasteiger partial charge is 0.344 e. The summed E-state index contributed by atoms with van der Waals surface area (Å²) in [5, 5.41) is 10.1. The number of nitrogens with zero attached hydrogens (tertiary/aromatic N) is 2. The third-order valence-corrected chi connectivity index (χ3v) is 6.82. The Morgan fingerprint density at radius 2 is 1.67 bits per heavy atom. The number of guanidine groups is 1. The third-order valence-electron chi connectivity index (χ3n) is 6.82. The van der Waals surface area contributed by atoms with Gasteiger partial charge in [0.1, 0.15) is 18.1 Å². The van der Waals surface area contributed by atoms with Crippen LogP contribution in [0.25, 0.3) is 0 Å². The highest BCUT2D eigenvalue weighted by Crippen LogP contribution is 2.12. The zero-order valence-electron chi connectivity index (χ0n) is 26.1. The standard InChI is InChI=1S/C29H42N8O9/c1-4-19-28(44)37(3)21(10-7-11-32-29(30)31)27(43)34-15-22(38)35-20(13-23(39)46-16-24(40)45-5-2)26(42)33-14-17-8-6-9-18(12-17)25(41)36-19/h6,8-9,12,19-21H,4-5,7,10-11,13-16H2,1-3H3,(H,33,42)(H,34,43)(H,35,38)(H,36,41)(H4,30,31,32)/t19-,20+,21+/m1/s1. The summed E-state index contributed by atoms with van der Waals surface area (Å²) in [5.41, 5.74) is 11.5. The molecule has 1 aromatic rings. The zero-order valence-corrected chi connectivity index (χ0v) is 26.1. The highest BCUT2D eigenvalue weighted by Gasteiger charge is 2.32. The zero-order chi connectivity index (χ0) is 34.2. The highest BCUT2D eigenvalue weighted by atomic mass is 16.6. The largest absolute Gasteiger partial charge is 0.463 e. The molecule has 2 rings (SSSR count). The molecule has 1 aromatic carbocycles. The van der Waals surface area contributed by atoms with Crippen LogP contribution < -0.4 is 32.7 Å². The average Bonchev–Trinajstić information content (AvgIpc) is 3.02. The first-order chi connectivity index (χ1) is 21.9. The number of ether oxygens (including phenoxy) is 2. The molecule has 0 aromatic heterocycles. The van der Waals surface area contributed by atoms with E-state index in [2.05, 4.69) is 26.3 Å². The molecule has 0 aliphatic carbocycles. The van der Waals surface area contributed by atoms with Crippen LogP contribution in [0.15, 0.2) is 29.3 Å². The van der Waals surface area contributed by atoms with Crippen molar-refractivity contribution in [2.75, 3.05) is 33.4 Å². The number of nitrogens with two attached hydrogens (primary N) is 2. The molecule has 5 amide bonds. The molecule has 17 heteroatoms. The summed E-state index contributed by atoms with van der Waals surface area (Å²) >= 11 is 0. The molecule has 0 radical (unpaired) electrons. The summed E-state index contributed by atoms with van der Waals surface area (Å²) < 4.78 is 9.58. The Hall–Kier alpha value is -5.22. The van der Waals surface area contributed by atoms with Gasteiger partial charge in [-0.05, 0) is 43.9 Å². The lowest BCUT2D eigenvalue weighted by atomic mass is 10.1. The minimum atomic E-state index is -1.45. The van der Waals surface area contributed by atoms with Crippen molar-refractivity contribution in [1.82, 2.24) is 26.2 Å². The predicted molar refractivity (Wildman–Crippen MR) is 163 cm³/mol. The lowest BCUT2D eigenvalue weighted by Gasteiger charge is -2.30. The molecule has 0 spiro atoms. The van der Waals surface area contributed by atoms with E-state index in [0.717, 1.165) is 0 Å². The summed E-state index contributed by atoms with van der Waals surface area (Å²) in [5.74, 6) is -5.26. The van der Waals surface area contributed by atoms with Crippen molar-refractivity contribution >= 4 is 47.4 Å². The quantitative estimate of drug-likeness (QED) is 0.0688. The third kappa shape index (κ3) is 12.0. The first-order valence-electron chi connectivity index (χ1n) is 14.7. The fourth-order valence-corrected chi connectivity index (χ4v) is 4.42. The van der Waals surface area contributed by atoms with Gasteiger partial charge in [0.2, 0.25) is 23.6 Å². The van der Waals surface area contributed by atoms with E-state index >= 15 is 0 Å². The van der Waals surface area contributed by atoms with Gasteiger partial charge in [0.25, 0.3) is 5.91 Å². The number of hydrogen-bond donors (Lipinski definition) is 6. The normalized spacial score (nSPS) is 19.8. The van der Waals surface area contributed by atoms with Crippen LogP contribution in [-0.2, 0) is 44.8 Å². The number of hydrogen-bond acceptors (Lipinski definition) is 10. The molecule has 0 saturated heterocycles. The number of nitrogens with one attached hydrogen (secondary N) is 4. The van der Waals surface area contributed by atoms with Gasteiger partial charge >= 0.3 is 11.9 Å². The minimum absolute atomic E-state index is 0.0757. The molecule has 8 N–H and O–H groups in total. The van der Waals surface area contributed by atoms with E-state index in [0.29, 0.717) is 12.0 Å². The Labute approximate surface area is 266 Å². The Balaban J connectivity index is 2.37. The Kier molecular flexibility index (Phi) is 14.9. The van der Waals surface area contributed by atoms with Crippen LogP contribution in [0.4, 0.5) is 0 Å². The van der Waals surface area contributed by atoms with E-state index in [9.17, 15) is 33.6 Å². The second-order valence-electron chi connectivity index (χ2n) is 10.3. The molecule has 2 bridgehead atoms. The number of amides is 5. The highest BCUT2D eigenvalue weighted by molar-refractivity contribution is 5.99. The number of carbonyl (C=O) groups excluding carboxylic acids is 7. The fraction of sp³-hybridized carbons (Fsp3) is 0.517. The van der Waals surface area contributed by atoms with Crippen molar-refractivity contribution in [3.63, 3.8) is 0 Å². The molecule has 3 atom stereocenters. The van der Waals surface area contributed by atoms with Gasteiger partial charge in [-0.2, -0.15) is 0 Å². The molecular formula is C29H42N8O9. The van der Waals surface area contributed by atoms with Gasteiger partial charge < -0.3 is 47.1 Å². The van der Waals surface area contributed by atoms with Crippen LogP contribution in [0.2, 0.25) is 0 Å². The first-order valence-corrected chi connectivity index (χ1v) is 14.7. The second-order valence-corrected chi connectivity index (χ2v) is 10.3. The second kappa shape index (κ2) is 18.6. The summed E-state index contributed by atoms with van der Waals surface area (Å²) in [6.07, 6.45) is -0.0163. The van der Waals surface area contributed by atoms with E-state index < -0.39 is 79.2 Å². The lowest BCUT2D eigenvalue weighted by Crippen LogP contribution is -2.55. The molecule has 1 aliphatic rings. The van der Waals surface area contributed by atoms with E-state index in [1.54, 1.807) is 26.0 Å². The number of rotatable bonds is 10. The summed E-state index contributed by atoms with van der Waals surface area (Å²) in [7, 11) is 1.41. The van der Waals surface area contributed by atoms with Crippen LogP contribution in [0.5, 0.6) is 0 Å². The van der Waals surface area contributed by atoms with E-state index in [1.165, 1.54) is 24.1 Å². The molecule has 0 fully saturated rings. The summed E-state index contributed by atoms with van der Waals surface area (Å²) in [6.45, 7) is 2.15. The van der Waals surface area contributed by atoms with Crippen molar-refractivity contribution in [3.8, 4) is 0 Å². The average molecular weight is 647 g/mol. The molecule has 252 valence electrons. The molecule has 1 heterocycles. The molecule has 0 unspecified atom stereocenters. The Morgan fingerprint density at radius 1 is 0.957 bits per heavy atom. The number of esters is 2. The van der Waals surface area contributed by atoms with Gasteiger partial charge in [-0.3, -0.25) is 33.8 Å². The number of benzene rings is 1. The van der Waals surface area contributed by atoms with Gasteiger partial charge in [0, 0.05) is 25.7 Å². The van der Waals surface area contributed by atoms with Gasteiger partial charge in [0.05, 0.1) is 19.6 Å². The minimum Gasteiger partial charge on any atom is -0.463 e. The summed E-state index contributed by atoms with van der Waals surface area (Å²) in [4.78, 5) is 94.9. The monoisotopic (exact) mass is 646 g/mol. The van der Waals surface area contributed by atoms with Gasteiger partial charge in [-0.25, -0.2) is 4.79 Å². The number of carbonyl (C=O) groups is 7. The van der Waals surface area contributed by atoms with E-state index in [4.69, 9.17) is 20.9 Å². The van der Waals surface area contributed by atoms with Crippen molar-refractivity contribution in [3.05, 3.63) is 35.4 Å². The Morgan fingerprint density at radius 3 is 2.35 bits per heavy atom. The first kappa shape index (κ1) is 37.0. The van der Waals surface area contributed by atoms with Gasteiger partial charge in [0.15, 0.2) is 12.6 Å². The molecular weight excluding hydrogens is 604 g/mol. The van der Waals surface area contributed by atoms with E-state index in [1.807, 2.05) is 0 Å². The van der Waals surface area contributed by atoms with Gasteiger partial charge in [-0.15, -0.1) is 0 Å². The Bertz CT molecular complexity index is 1320. The van der Waals surface area contributed by atoms with Crippen LogP contribution in [0.3, 0.4) is 0 Å². The predicted octanol–water partition coefficient (Wildman–Crippen LogP) is -2.20. The topological polar surface area (TPSA) is 254 Å². The van der Waals surface area contributed by atoms with Crippen LogP contribution in [0, 0.1) is 0 Å². The van der Waals surface area contributed by atoms with Crippen molar-refractivity contribution in [2.45, 2.75) is 64.2 Å². The van der Waals surface area contributed by atoms with Gasteiger partial charge in [-0.1, -0.05) is 19.1 Å².